The number of aromatic amines is 1. The van der Waals surface area contributed by atoms with Gasteiger partial charge in [-0.25, -0.2) is 9.18 Å². The number of nitrogens with one attached hydrogen (secondary N) is 2. The molecule has 1 aromatic carbocycles. The molecule has 2 unspecified atom stereocenters. The van der Waals surface area contributed by atoms with Crippen molar-refractivity contribution in [3.63, 3.8) is 0 Å². The van der Waals surface area contributed by atoms with Gasteiger partial charge in [-0.1, -0.05) is 6.92 Å². The number of hydrogen-bond acceptors (Lipinski definition) is 2. The molecule has 1 aliphatic rings. The number of nitrogens with zero attached hydrogens (tertiary/aromatic N) is 1. The number of fused-ring (bicyclic) bond motifs is 1. The van der Waals surface area contributed by atoms with E-state index in [1.54, 1.807) is 11.0 Å². The van der Waals surface area contributed by atoms with E-state index in [4.69, 9.17) is 0 Å². The first-order valence-corrected chi connectivity index (χ1v) is 8.45. The number of likely N-dealkylation sites (tertiary alicyclic amines) is 1. The molecule has 2 amide bonds. The number of carbonyl (C=O) groups is 2. The van der Waals surface area contributed by atoms with Crippen LogP contribution in [0.5, 0.6) is 0 Å². The van der Waals surface area contributed by atoms with Crippen molar-refractivity contribution in [1.29, 1.82) is 0 Å². The zero-order chi connectivity index (χ0) is 18.0. The number of carbonyl (C=O) groups excluding carboxylic acids is 1. The number of carboxylic acids is 1. The Kier molecular flexibility index (Phi) is 4.92. The van der Waals surface area contributed by atoms with Crippen molar-refractivity contribution in [2.45, 2.75) is 19.8 Å². The summed E-state index contributed by atoms with van der Waals surface area (Å²) < 4.78 is 13.4. The van der Waals surface area contributed by atoms with E-state index in [1.807, 2.05) is 13.1 Å². The number of halogens is 1. The number of hydrogen-bond donors (Lipinski definition) is 3. The number of carboxylic acid groups (broad SMARTS) is 1. The van der Waals surface area contributed by atoms with Crippen LogP contribution >= 0.6 is 0 Å². The molecule has 2 aromatic rings. The van der Waals surface area contributed by atoms with Crippen molar-refractivity contribution in [1.82, 2.24) is 15.2 Å². The van der Waals surface area contributed by atoms with Gasteiger partial charge in [0, 0.05) is 36.7 Å². The minimum absolute atomic E-state index is 0.164. The molecule has 1 fully saturated rings. The van der Waals surface area contributed by atoms with Crippen molar-refractivity contribution >= 4 is 22.9 Å². The van der Waals surface area contributed by atoms with Crippen LogP contribution in [0.15, 0.2) is 24.4 Å². The van der Waals surface area contributed by atoms with Gasteiger partial charge in [0.15, 0.2) is 0 Å². The summed E-state index contributed by atoms with van der Waals surface area (Å²) in [7, 11) is 0. The molecule has 0 bridgehead atoms. The molecule has 25 heavy (non-hydrogen) atoms. The van der Waals surface area contributed by atoms with Crippen LogP contribution in [0.3, 0.4) is 0 Å². The Hall–Kier alpha value is -2.57. The van der Waals surface area contributed by atoms with Crippen molar-refractivity contribution in [2.24, 2.45) is 11.8 Å². The highest BCUT2D eigenvalue weighted by molar-refractivity contribution is 5.83. The van der Waals surface area contributed by atoms with Gasteiger partial charge in [0.25, 0.3) is 0 Å². The van der Waals surface area contributed by atoms with Gasteiger partial charge in [-0.3, -0.25) is 4.79 Å². The molecule has 0 spiro atoms. The predicted octanol–water partition coefficient (Wildman–Crippen LogP) is 2.60. The number of H-pyrrole nitrogens is 1. The van der Waals surface area contributed by atoms with Crippen molar-refractivity contribution in [3.8, 4) is 0 Å². The number of aliphatic carboxylic acids is 1. The standard InChI is InChI=1S/C18H22FN3O3/c1-11-6-13(17(23)24)10-22(9-11)18(25)20-5-4-12-8-21-16-3-2-14(19)7-15(12)16/h2-3,7-8,11,13,21H,4-6,9-10H2,1H3,(H,20,25)(H,23,24). The molecule has 134 valence electrons. The van der Waals surface area contributed by atoms with Gasteiger partial charge >= 0.3 is 12.0 Å². The van der Waals surface area contributed by atoms with Gasteiger partial charge < -0.3 is 20.3 Å². The maximum Gasteiger partial charge on any atom is 0.317 e. The number of urea groups is 1. The second-order valence-corrected chi connectivity index (χ2v) is 6.77. The zero-order valence-electron chi connectivity index (χ0n) is 14.1. The topological polar surface area (TPSA) is 85.4 Å². The summed E-state index contributed by atoms with van der Waals surface area (Å²) in [5.41, 5.74) is 1.79. The second-order valence-electron chi connectivity index (χ2n) is 6.77. The second kappa shape index (κ2) is 7.13. The van der Waals surface area contributed by atoms with E-state index in [1.165, 1.54) is 12.1 Å². The Morgan fingerprint density at radius 3 is 2.96 bits per heavy atom. The molecule has 1 saturated heterocycles. The highest BCUT2D eigenvalue weighted by atomic mass is 19.1. The van der Waals surface area contributed by atoms with Crippen LogP contribution in [0.1, 0.15) is 18.9 Å². The summed E-state index contributed by atoms with van der Waals surface area (Å²) in [5.74, 6) is -1.49. The largest absolute Gasteiger partial charge is 0.481 e. The number of aromatic nitrogens is 1. The van der Waals surface area contributed by atoms with E-state index in [0.29, 0.717) is 25.9 Å². The molecule has 0 saturated carbocycles. The fourth-order valence-corrected chi connectivity index (χ4v) is 3.47. The van der Waals surface area contributed by atoms with Crippen LogP contribution in [0, 0.1) is 17.7 Å². The number of amides is 2. The SMILES string of the molecule is CC1CC(C(=O)O)CN(C(=O)NCCc2c[nH]c3ccc(F)cc23)C1. The third kappa shape index (κ3) is 3.92. The summed E-state index contributed by atoms with van der Waals surface area (Å²) in [6.45, 7) is 3.17. The Balaban J connectivity index is 1.56. The fourth-order valence-electron chi connectivity index (χ4n) is 3.47. The summed E-state index contributed by atoms with van der Waals surface area (Å²) in [5, 5.41) is 12.8. The molecular formula is C18H22FN3O3. The maximum absolute atomic E-state index is 13.4. The summed E-state index contributed by atoms with van der Waals surface area (Å²) in [4.78, 5) is 28.2. The molecule has 3 rings (SSSR count). The van der Waals surface area contributed by atoms with Gasteiger partial charge in [-0.2, -0.15) is 0 Å². The van der Waals surface area contributed by atoms with Crippen LogP contribution in [-0.4, -0.2) is 46.6 Å². The van der Waals surface area contributed by atoms with Crippen molar-refractivity contribution in [3.05, 3.63) is 35.8 Å². The van der Waals surface area contributed by atoms with Crippen LogP contribution in [0.2, 0.25) is 0 Å². The van der Waals surface area contributed by atoms with Gasteiger partial charge in [-0.05, 0) is 42.5 Å². The molecule has 3 N–H and O–H groups in total. The van der Waals surface area contributed by atoms with E-state index in [-0.39, 0.29) is 24.3 Å². The molecule has 6 nitrogen and oxygen atoms in total. The number of rotatable bonds is 4. The van der Waals surface area contributed by atoms with Gasteiger partial charge in [0.2, 0.25) is 0 Å². The Morgan fingerprint density at radius 1 is 1.40 bits per heavy atom. The fraction of sp³-hybridized carbons (Fsp3) is 0.444. The minimum Gasteiger partial charge on any atom is -0.481 e. The van der Waals surface area contributed by atoms with Crippen LogP contribution in [-0.2, 0) is 11.2 Å². The number of benzene rings is 1. The molecule has 1 aromatic heterocycles. The van der Waals surface area contributed by atoms with Gasteiger partial charge in [0.1, 0.15) is 5.82 Å². The normalized spacial score (nSPS) is 20.6. The Bertz CT molecular complexity index is 789. The highest BCUT2D eigenvalue weighted by Crippen LogP contribution is 2.22. The lowest BCUT2D eigenvalue weighted by molar-refractivity contribution is -0.143. The summed E-state index contributed by atoms with van der Waals surface area (Å²) in [6.07, 6.45) is 2.99. The smallest absolute Gasteiger partial charge is 0.317 e. The van der Waals surface area contributed by atoms with Crippen molar-refractivity contribution in [2.75, 3.05) is 19.6 Å². The minimum atomic E-state index is -0.856. The summed E-state index contributed by atoms with van der Waals surface area (Å²) in [6, 6.07) is 4.32. The third-order valence-corrected chi connectivity index (χ3v) is 4.70. The number of piperidine rings is 1. The first-order chi connectivity index (χ1) is 11.9. The lowest BCUT2D eigenvalue weighted by Crippen LogP contribution is -2.49. The Labute approximate surface area is 145 Å². The molecule has 7 heteroatoms. The summed E-state index contributed by atoms with van der Waals surface area (Å²) >= 11 is 0. The molecule has 2 heterocycles. The zero-order valence-corrected chi connectivity index (χ0v) is 14.1. The van der Waals surface area contributed by atoms with E-state index in [9.17, 15) is 19.1 Å². The van der Waals surface area contributed by atoms with Crippen LogP contribution in [0.25, 0.3) is 10.9 Å². The predicted molar refractivity (Wildman–Crippen MR) is 91.8 cm³/mol. The first kappa shape index (κ1) is 17.3. The molecule has 0 aliphatic carbocycles. The molecule has 0 radical (unpaired) electrons. The Morgan fingerprint density at radius 2 is 2.20 bits per heavy atom. The molecule has 2 atom stereocenters. The van der Waals surface area contributed by atoms with E-state index < -0.39 is 11.9 Å². The van der Waals surface area contributed by atoms with Gasteiger partial charge in [-0.15, -0.1) is 0 Å². The average molecular weight is 347 g/mol. The van der Waals surface area contributed by atoms with E-state index in [2.05, 4.69) is 10.3 Å². The lowest BCUT2D eigenvalue weighted by Gasteiger charge is -2.34. The average Bonchev–Trinajstić information content (AvgIpc) is 2.96. The van der Waals surface area contributed by atoms with Crippen LogP contribution < -0.4 is 5.32 Å². The third-order valence-electron chi connectivity index (χ3n) is 4.70. The molecular weight excluding hydrogens is 325 g/mol. The molecule has 1 aliphatic heterocycles. The van der Waals surface area contributed by atoms with E-state index >= 15 is 0 Å². The van der Waals surface area contributed by atoms with Crippen molar-refractivity contribution < 1.29 is 19.1 Å². The maximum atomic E-state index is 13.4. The monoisotopic (exact) mass is 347 g/mol. The van der Waals surface area contributed by atoms with E-state index in [0.717, 1.165) is 16.5 Å². The first-order valence-electron chi connectivity index (χ1n) is 8.45. The quantitative estimate of drug-likeness (QED) is 0.795. The lowest BCUT2D eigenvalue weighted by atomic mass is 9.91. The highest BCUT2D eigenvalue weighted by Gasteiger charge is 2.31. The van der Waals surface area contributed by atoms with Crippen LogP contribution in [0.4, 0.5) is 9.18 Å². The van der Waals surface area contributed by atoms with Gasteiger partial charge in [0.05, 0.1) is 5.92 Å².